The number of carbonyl (C=O) groups is 3. The maximum atomic E-state index is 13.6. The molecule has 6 rings (SSSR count). The minimum atomic E-state index is -0.416. The fourth-order valence-electron chi connectivity index (χ4n) is 5.58. The molecule has 0 unspecified atom stereocenters. The fourth-order valence-corrected chi connectivity index (χ4v) is 6.12. The molecule has 1 saturated heterocycles. The van der Waals surface area contributed by atoms with E-state index >= 15 is 0 Å². The summed E-state index contributed by atoms with van der Waals surface area (Å²) in [5.41, 5.74) is 3.29. The first-order valence-electron chi connectivity index (χ1n) is 13.7. The van der Waals surface area contributed by atoms with E-state index < -0.39 is 5.92 Å². The summed E-state index contributed by atoms with van der Waals surface area (Å²) in [7, 11) is 0. The lowest BCUT2D eigenvalue weighted by atomic mass is 9.88. The van der Waals surface area contributed by atoms with Crippen LogP contribution >= 0.6 is 11.7 Å². The van der Waals surface area contributed by atoms with Crippen LogP contribution in [0.1, 0.15) is 44.4 Å². The third kappa shape index (κ3) is 5.62. The summed E-state index contributed by atoms with van der Waals surface area (Å²) in [5.74, 6) is -0.339. The Labute approximate surface area is 241 Å². The highest BCUT2D eigenvalue weighted by Gasteiger charge is 2.40. The lowest BCUT2D eigenvalue weighted by molar-refractivity contribution is -0.124. The van der Waals surface area contributed by atoms with E-state index in [0.29, 0.717) is 68.5 Å². The quantitative estimate of drug-likeness (QED) is 0.393. The van der Waals surface area contributed by atoms with Crippen molar-refractivity contribution >= 4 is 40.4 Å². The zero-order valence-electron chi connectivity index (χ0n) is 22.7. The maximum absolute atomic E-state index is 13.6. The van der Waals surface area contributed by atoms with Crippen molar-refractivity contribution in [3.05, 3.63) is 83.3 Å². The van der Waals surface area contributed by atoms with Gasteiger partial charge in [-0.15, -0.1) is 0 Å². The Morgan fingerprint density at radius 3 is 2.71 bits per heavy atom. The van der Waals surface area contributed by atoms with Gasteiger partial charge >= 0.3 is 0 Å². The number of carbonyl (C=O) groups excluding carboxylic acids is 3. The van der Waals surface area contributed by atoms with E-state index in [1.54, 1.807) is 29.0 Å². The van der Waals surface area contributed by atoms with Crippen molar-refractivity contribution < 1.29 is 19.1 Å². The van der Waals surface area contributed by atoms with Crippen LogP contribution in [0.15, 0.2) is 60.8 Å². The van der Waals surface area contributed by atoms with Crippen LogP contribution in [-0.2, 0) is 4.79 Å². The van der Waals surface area contributed by atoms with Gasteiger partial charge in [0.05, 0.1) is 35.4 Å². The van der Waals surface area contributed by atoms with Gasteiger partial charge in [-0.3, -0.25) is 19.4 Å². The molecule has 2 aromatic carbocycles. The van der Waals surface area contributed by atoms with Crippen molar-refractivity contribution in [3.63, 3.8) is 0 Å². The second-order valence-electron chi connectivity index (χ2n) is 10.4. The van der Waals surface area contributed by atoms with Gasteiger partial charge in [-0.2, -0.15) is 8.75 Å². The van der Waals surface area contributed by atoms with Crippen LogP contribution in [0.5, 0.6) is 5.75 Å². The molecule has 0 saturated carbocycles. The van der Waals surface area contributed by atoms with Gasteiger partial charge in [0.25, 0.3) is 11.8 Å². The number of nitrogens with one attached hydrogen (secondary N) is 1. The van der Waals surface area contributed by atoms with Crippen LogP contribution in [0, 0.1) is 12.8 Å². The third-order valence-corrected chi connectivity index (χ3v) is 8.38. The van der Waals surface area contributed by atoms with Crippen molar-refractivity contribution in [2.75, 3.05) is 39.3 Å². The average Bonchev–Trinajstić information content (AvgIpc) is 3.64. The van der Waals surface area contributed by atoms with Crippen molar-refractivity contribution in [3.8, 4) is 5.75 Å². The molecule has 1 fully saturated rings. The van der Waals surface area contributed by atoms with Crippen LogP contribution in [-0.4, -0.2) is 80.6 Å². The zero-order valence-corrected chi connectivity index (χ0v) is 23.5. The van der Waals surface area contributed by atoms with Crippen LogP contribution in [0.4, 0.5) is 0 Å². The lowest BCUT2D eigenvalue weighted by Gasteiger charge is -2.24. The fraction of sp³-hybridized carbons (Fsp3) is 0.333. The number of pyridine rings is 1. The third-order valence-electron chi connectivity index (χ3n) is 7.76. The number of amides is 3. The largest absolute Gasteiger partial charge is 0.492 e. The van der Waals surface area contributed by atoms with E-state index in [2.05, 4.69) is 19.0 Å². The molecule has 2 aliphatic heterocycles. The van der Waals surface area contributed by atoms with Crippen molar-refractivity contribution in [2.24, 2.45) is 5.92 Å². The summed E-state index contributed by atoms with van der Waals surface area (Å²) >= 11 is 1.02. The minimum absolute atomic E-state index is 0.103. The number of rotatable bonds is 2. The van der Waals surface area contributed by atoms with E-state index in [1.165, 1.54) is 0 Å². The summed E-state index contributed by atoms with van der Waals surface area (Å²) in [4.78, 5) is 48.1. The van der Waals surface area contributed by atoms with E-state index in [1.807, 2.05) is 48.5 Å². The molecule has 2 bridgehead atoms. The molecule has 0 spiro atoms. The Kier molecular flexibility index (Phi) is 7.60. The maximum Gasteiger partial charge on any atom is 0.275 e. The molecule has 10 nitrogen and oxygen atoms in total. The molecule has 2 aromatic heterocycles. The monoisotopic (exact) mass is 570 g/mol. The van der Waals surface area contributed by atoms with Crippen molar-refractivity contribution in [2.45, 2.75) is 19.3 Å². The predicted octanol–water partition coefficient (Wildman–Crippen LogP) is 3.29. The highest BCUT2D eigenvalue weighted by Crippen LogP contribution is 2.35. The first-order valence-corrected chi connectivity index (χ1v) is 14.4. The summed E-state index contributed by atoms with van der Waals surface area (Å²) in [5, 5.41) is 3.96. The Morgan fingerprint density at radius 1 is 0.976 bits per heavy atom. The van der Waals surface area contributed by atoms with Crippen LogP contribution in [0.25, 0.3) is 10.9 Å². The van der Waals surface area contributed by atoms with Crippen LogP contribution in [0.3, 0.4) is 0 Å². The molecule has 0 aliphatic carbocycles. The number of fused-ring (bicyclic) bond motifs is 5. The van der Waals surface area contributed by atoms with Gasteiger partial charge in [0.15, 0.2) is 5.69 Å². The standard InChI is InChI=1S/C30H30N6O4S/c1-19-27(34-41-33-19)30(39)35-12-4-11-32-28(37)25-18-36(17-24(25)20-5-2-7-23(16-20)40-14-13-35)29(38)22-8-9-26-21(15-22)6-3-10-31-26/h2-3,5-10,15-16,24-25H,4,11-14,17-18H2,1H3,(H,32,37)/t24-,25+/m1/s1. The number of hydrogen-bond acceptors (Lipinski definition) is 8. The molecule has 41 heavy (non-hydrogen) atoms. The molecule has 2 aliphatic rings. The molecule has 2 atom stereocenters. The van der Waals surface area contributed by atoms with Crippen molar-refractivity contribution in [1.82, 2.24) is 28.8 Å². The van der Waals surface area contributed by atoms with E-state index in [-0.39, 0.29) is 23.6 Å². The number of hydrogen-bond donors (Lipinski definition) is 1. The predicted molar refractivity (Wildman–Crippen MR) is 154 cm³/mol. The molecule has 4 heterocycles. The van der Waals surface area contributed by atoms with Crippen LogP contribution < -0.4 is 10.1 Å². The number of ether oxygens (including phenoxy) is 1. The van der Waals surface area contributed by atoms with Gasteiger partial charge < -0.3 is 19.9 Å². The number of nitrogens with zero attached hydrogens (tertiary/aromatic N) is 5. The van der Waals surface area contributed by atoms with Gasteiger partial charge in [-0.1, -0.05) is 18.2 Å². The second-order valence-corrected chi connectivity index (χ2v) is 10.9. The number of aromatic nitrogens is 3. The second kappa shape index (κ2) is 11.6. The summed E-state index contributed by atoms with van der Waals surface area (Å²) in [6.07, 6.45) is 2.30. The molecule has 1 N–H and O–H groups in total. The highest BCUT2D eigenvalue weighted by atomic mass is 32.1. The minimum Gasteiger partial charge on any atom is -0.492 e. The first kappa shape index (κ1) is 26.8. The number of aryl methyl sites for hydroxylation is 1. The summed E-state index contributed by atoms with van der Waals surface area (Å²) in [6, 6.07) is 17.0. The molecule has 3 amide bonds. The van der Waals surface area contributed by atoms with E-state index in [0.717, 1.165) is 28.2 Å². The van der Waals surface area contributed by atoms with Gasteiger partial charge in [0.2, 0.25) is 5.91 Å². The zero-order chi connectivity index (χ0) is 28.3. The molecule has 0 radical (unpaired) electrons. The smallest absolute Gasteiger partial charge is 0.275 e. The van der Waals surface area contributed by atoms with Gasteiger partial charge in [0, 0.05) is 49.2 Å². The Morgan fingerprint density at radius 2 is 1.85 bits per heavy atom. The number of likely N-dealkylation sites (tertiary alicyclic amines) is 1. The Hall–Kier alpha value is -4.38. The molecular formula is C30H30N6O4S. The molecule has 11 heteroatoms. The normalized spacial score (nSPS) is 19.7. The highest BCUT2D eigenvalue weighted by molar-refractivity contribution is 6.99. The topological polar surface area (TPSA) is 118 Å². The molecular weight excluding hydrogens is 540 g/mol. The Balaban J connectivity index is 1.23. The van der Waals surface area contributed by atoms with Crippen LogP contribution in [0.2, 0.25) is 0 Å². The lowest BCUT2D eigenvalue weighted by Crippen LogP contribution is -2.39. The SMILES string of the molecule is Cc1nsnc1C(=O)N1CCCNC(=O)[C@H]2CN(C(=O)c3ccc4ncccc4c3)C[C@@H]2c2cccc(c2)OCC1. The number of benzene rings is 2. The van der Waals surface area contributed by atoms with E-state index in [4.69, 9.17) is 4.74 Å². The van der Waals surface area contributed by atoms with Gasteiger partial charge in [-0.25, -0.2) is 0 Å². The Bertz CT molecular complexity index is 1610. The molecule has 210 valence electrons. The average molecular weight is 571 g/mol. The summed E-state index contributed by atoms with van der Waals surface area (Å²) < 4.78 is 14.4. The first-order chi connectivity index (χ1) is 20.0. The van der Waals surface area contributed by atoms with Gasteiger partial charge in [0.1, 0.15) is 12.4 Å². The molecule has 4 aromatic rings. The van der Waals surface area contributed by atoms with Crippen molar-refractivity contribution in [1.29, 1.82) is 0 Å². The van der Waals surface area contributed by atoms with Gasteiger partial charge in [-0.05, 0) is 55.3 Å². The van der Waals surface area contributed by atoms with E-state index in [9.17, 15) is 14.4 Å². The summed E-state index contributed by atoms with van der Waals surface area (Å²) in [6.45, 7) is 4.05.